The molecule has 0 unspecified atom stereocenters. The van der Waals surface area contributed by atoms with E-state index in [1.807, 2.05) is 77.5 Å². The number of rotatable bonds is 9. The highest BCUT2D eigenvalue weighted by molar-refractivity contribution is 5.82. The van der Waals surface area contributed by atoms with E-state index < -0.39 is 12.2 Å². The normalized spacial score (nSPS) is 12.9. The summed E-state index contributed by atoms with van der Waals surface area (Å²) in [7, 11) is 0. The van der Waals surface area contributed by atoms with Gasteiger partial charge in [0.1, 0.15) is 12.4 Å². The molecule has 4 aromatic rings. The summed E-state index contributed by atoms with van der Waals surface area (Å²) in [5, 5.41) is 23.2. The zero-order valence-corrected chi connectivity index (χ0v) is 18.5. The average molecular weight is 445 g/mol. The summed E-state index contributed by atoms with van der Waals surface area (Å²) in [6, 6.07) is 25.6. The number of nitrogens with one attached hydrogen (secondary N) is 1. The van der Waals surface area contributed by atoms with E-state index in [-0.39, 0.29) is 12.6 Å². The first kappa shape index (κ1) is 22.4. The summed E-state index contributed by atoms with van der Waals surface area (Å²) < 4.78 is 8.05. The Hall–Kier alpha value is -3.77. The van der Waals surface area contributed by atoms with Gasteiger partial charge in [0.05, 0.1) is 12.1 Å². The maximum atomic E-state index is 11.0. The first-order chi connectivity index (χ1) is 16.0. The molecule has 6 nitrogen and oxygen atoms in total. The number of fused-ring (bicyclic) bond motifs is 1. The molecule has 0 spiro atoms. The van der Waals surface area contributed by atoms with E-state index >= 15 is 0 Å². The molecule has 3 aromatic carbocycles. The molecular weight excluding hydrogens is 416 g/mol. The van der Waals surface area contributed by atoms with Crippen LogP contribution < -0.4 is 10.1 Å². The van der Waals surface area contributed by atoms with Crippen molar-refractivity contribution in [1.29, 1.82) is 0 Å². The zero-order chi connectivity index (χ0) is 23.2. The minimum atomic E-state index is -1.09. The van der Waals surface area contributed by atoms with Crippen LogP contribution in [0.1, 0.15) is 29.2 Å². The van der Waals surface area contributed by atoms with Gasteiger partial charge in [0.15, 0.2) is 0 Å². The van der Waals surface area contributed by atoms with Crippen molar-refractivity contribution in [2.24, 2.45) is 0 Å². The summed E-state index contributed by atoms with van der Waals surface area (Å²) >= 11 is 0. The second-order valence-electron chi connectivity index (χ2n) is 8.16. The fourth-order valence-corrected chi connectivity index (χ4v) is 4.15. The highest BCUT2D eigenvalue weighted by Gasteiger charge is 2.24. The second kappa shape index (κ2) is 10.2. The van der Waals surface area contributed by atoms with Crippen LogP contribution >= 0.6 is 0 Å². The molecule has 0 fully saturated rings. The lowest BCUT2D eigenvalue weighted by atomic mass is 9.98. The second-order valence-corrected chi connectivity index (χ2v) is 8.16. The van der Waals surface area contributed by atoms with Crippen LogP contribution in [0.4, 0.5) is 4.79 Å². The summed E-state index contributed by atoms with van der Waals surface area (Å²) in [6.45, 7) is 2.74. The molecule has 3 N–H and O–H groups in total. The van der Waals surface area contributed by atoms with Gasteiger partial charge in [0.25, 0.3) is 0 Å². The van der Waals surface area contributed by atoms with Crippen molar-refractivity contribution >= 4 is 17.0 Å². The van der Waals surface area contributed by atoms with Gasteiger partial charge in [-0.05, 0) is 48.7 Å². The number of aliphatic hydroxyl groups excluding tert-OH is 1. The van der Waals surface area contributed by atoms with Crippen LogP contribution in [0.3, 0.4) is 0 Å². The number of carboxylic acid groups (broad SMARTS) is 1. The SMILES string of the molecule is Cc1cccc(COc2ccc3c(ccn3[C@@H](c3ccccc3)[C@H](O)CCNC(=O)O)c2)c1. The van der Waals surface area contributed by atoms with E-state index in [1.165, 1.54) is 5.56 Å². The monoisotopic (exact) mass is 444 g/mol. The van der Waals surface area contributed by atoms with Crippen LogP contribution in [0, 0.1) is 6.92 Å². The molecule has 1 aromatic heterocycles. The van der Waals surface area contributed by atoms with Crippen LogP contribution in [0.25, 0.3) is 10.9 Å². The molecule has 6 heteroatoms. The number of ether oxygens (including phenoxy) is 1. The first-order valence-electron chi connectivity index (χ1n) is 11.0. The Morgan fingerprint density at radius 2 is 1.85 bits per heavy atom. The summed E-state index contributed by atoms with van der Waals surface area (Å²) in [4.78, 5) is 10.8. The molecule has 170 valence electrons. The zero-order valence-electron chi connectivity index (χ0n) is 18.5. The topological polar surface area (TPSA) is 83.7 Å². The van der Waals surface area contributed by atoms with Gasteiger partial charge in [-0.15, -0.1) is 0 Å². The number of benzene rings is 3. The van der Waals surface area contributed by atoms with Crippen molar-refractivity contribution in [3.63, 3.8) is 0 Å². The lowest BCUT2D eigenvalue weighted by Gasteiger charge is -2.26. The predicted molar refractivity (Wildman–Crippen MR) is 129 cm³/mol. The molecule has 0 aliphatic heterocycles. The molecular formula is C27H28N2O4. The molecule has 0 saturated heterocycles. The summed E-state index contributed by atoms with van der Waals surface area (Å²) in [6.07, 6.45) is 0.388. The van der Waals surface area contributed by atoms with Crippen LogP contribution in [0.15, 0.2) is 85.1 Å². The summed E-state index contributed by atoms with van der Waals surface area (Å²) in [5.74, 6) is 0.782. The molecule has 0 aliphatic rings. The number of aromatic nitrogens is 1. The Bertz CT molecular complexity index is 1220. The maximum absolute atomic E-state index is 11.0. The van der Waals surface area contributed by atoms with Gasteiger partial charge < -0.3 is 24.8 Å². The number of hydrogen-bond donors (Lipinski definition) is 3. The molecule has 1 amide bonds. The van der Waals surface area contributed by atoms with Crippen molar-refractivity contribution in [2.75, 3.05) is 6.54 Å². The Morgan fingerprint density at radius 3 is 2.61 bits per heavy atom. The lowest BCUT2D eigenvalue weighted by molar-refractivity contribution is 0.121. The third-order valence-electron chi connectivity index (χ3n) is 5.70. The standard InChI is InChI=1S/C27H28N2O4/c1-19-6-5-7-20(16-19)18-33-23-10-11-24-22(17-23)13-15-29(24)26(21-8-3-2-4-9-21)25(30)12-14-28-27(31)32/h2-11,13,15-17,25-26,28,30H,12,14,18H2,1H3,(H,31,32)/t25-,26+/m1/s1. The Morgan fingerprint density at radius 1 is 1.03 bits per heavy atom. The van der Waals surface area contributed by atoms with Gasteiger partial charge in [-0.1, -0.05) is 60.2 Å². The number of aryl methyl sites for hydroxylation is 1. The maximum Gasteiger partial charge on any atom is 0.404 e. The van der Waals surface area contributed by atoms with Gasteiger partial charge in [0.2, 0.25) is 0 Å². The molecule has 0 aliphatic carbocycles. The van der Waals surface area contributed by atoms with Gasteiger partial charge in [-0.25, -0.2) is 4.79 Å². The number of carbonyl (C=O) groups is 1. The van der Waals surface area contributed by atoms with Crippen LogP contribution in [-0.4, -0.2) is 33.5 Å². The van der Waals surface area contributed by atoms with E-state index in [2.05, 4.69) is 24.4 Å². The number of nitrogens with zero attached hydrogens (tertiary/aromatic N) is 1. The Balaban J connectivity index is 1.58. The van der Waals surface area contributed by atoms with E-state index in [0.717, 1.165) is 27.8 Å². The van der Waals surface area contributed by atoms with Gasteiger partial charge in [-0.2, -0.15) is 0 Å². The number of hydrogen-bond acceptors (Lipinski definition) is 3. The van der Waals surface area contributed by atoms with Crippen molar-refractivity contribution in [2.45, 2.75) is 32.1 Å². The largest absolute Gasteiger partial charge is 0.489 e. The minimum absolute atomic E-state index is 0.177. The highest BCUT2D eigenvalue weighted by atomic mass is 16.5. The third kappa shape index (κ3) is 5.54. The van der Waals surface area contributed by atoms with Crippen molar-refractivity contribution in [3.8, 4) is 5.75 Å². The van der Waals surface area contributed by atoms with E-state index in [9.17, 15) is 9.90 Å². The quantitative estimate of drug-likeness (QED) is 0.334. The number of aliphatic hydroxyl groups is 1. The fourth-order valence-electron chi connectivity index (χ4n) is 4.15. The molecule has 4 rings (SSSR count). The molecule has 1 heterocycles. The van der Waals surface area contributed by atoms with Crippen molar-refractivity contribution in [1.82, 2.24) is 9.88 Å². The van der Waals surface area contributed by atoms with E-state index in [4.69, 9.17) is 9.84 Å². The van der Waals surface area contributed by atoms with Gasteiger partial charge in [-0.3, -0.25) is 0 Å². The molecule has 0 saturated carbocycles. The highest BCUT2D eigenvalue weighted by Crippen LogP contribution is 2.31. The molecule has 2 atom stereocenters. The van der Waals surface area contributed by atoms with Crippen LogP contribution in [0.5, 0.6) is 5.75 Å². The molecule has 0 bridgehead atoms. The molecule has 33 heavy (non-hydrogen) atoms. The van der Waals surface area contributed by atoms with Gasteiger partial charge in [0, 0.05) is 23.6 Å². The Labute approximate surface area is 193 Å². The molecule has 0 radical (unpaired) electrons. The summed E-state index contributed by atoms with van der Waals surface area (Å²) in [5.41, 5.74) is 4.25. The van der Waals surface area contributed by atoms with Crippen molar-refractivity contribution < 1.29 is 19.7 Å². The van der Waals surface area contributed by atoms with Crippen molar-refractivity contribution in [3.05, 3.63) is 102 Å². The van der Waals surface area contributed by atoms with Gasteiger partial charge >= 0.3 is 6.09 Å². The third-order valence-corrected chi connectivity index (χ3v) is 5.70. The fraction of sp³-hybridized carbons (Fsp3) is 0.222. The first-order valence-corrected chi connectivity index (χ1v) is 11.0. The van der Waals surface area contributed by atoms with Crippen LogP contribution in [0.2, 0.25) is 0 Å². The minimum Gasteiger partial charge on any atom is -0.489 e. The number of amides is 1. The lowest BCUT2D eigenvalue weighted by Crippen LogP contribution is -2.30. The van der Waals surface area contributed by atoms with E-state index in [0.29, 0.717) is 13.0 Å². The van der Waals surface area contributed by atoms with E-state index in [1.54, 1.807) is 0 Å². The predicted octanol–water partition coefficient (Wildman–Crippen LogP) is 5.14. The van der Waals surface area contributed by atoms with Crippen LogP contribution in [-0.2, 0) is 6.61 Å². The average Bonchev–Trinajstić information content (AvgIpc) is 3.21. The smallest absolute Gasteiger partial charge is 0.404 e. The Kier molecular flexibility index (Phi) is 6.95.